The summed E-state index contributed by atoms with van der Waals surface area (Å²) in [5.74, 6) is -0.0878. The average Bonchev–Trinajstić information content (AvgIpc) is 2.15. The molecular formula is C10H9ClINO2. The Morgan fingerprint density at radius 2 is 2.27 bits per heavy atom. The minimum Gasteiger partial charge on any atom is -0.377 e. The summed E-state index contributed by atoms with van der Waals surface area (Å²) < 4.78 is 5.88. The van der Waals surface area contributed by atoms with Crippen molar-refractivity contribution in [2.45, 2.75) is 6.04 Å². The quantitative estimate of drug-likeness (QED) is 0.839. The molecule has 0 atom stereocenters. The normalized spacial score (nSPS) is 15.9. The van der Waals surface area contributed by atoms with E-state index in [0.29, 0.717) is 23.8 Å². The summed E-state index contributed by atoms with van der Waals surface area (Å²) >= 11 is 7.96. The van der Waals surface area contributed by atoms with E-state index in [9.17, 15) is 4.79 Å². The Morgan fingerprint density at radius 3 is 2.87 bits per heavy atom. The van der Waals surface area contributed by atoms with E-state index in [1.54, 1.807) is 12.1 Å². The smallest absolute Gasteiger partial charge is 0.252 e. The first-order valence-electron chi connectivity index (χ1n) is 4.50. The molecule has 1 fully saturated rings. The molecule has 0 aliphatic carbocycles. The van der Waals surface area contributed by atoms with Crippen LogP contribution in [0.4, 0.5) is 0 Å². The largest absolute Gasteiger partial charge is 0.377 e. The molecule has 1 aromatic carbocycles. The van der Waals surface area contributed by atoms with Crippen molar-refractivity contribution >= 4 is 40.1 Å². The highest BCUT2D eigenvalue weighted by molar-refractivity contribution is 14.1. The average molecular weight is 338 g/mol. The van der Waals surface area contributed by atoms with Gasteiger partial charge in [0.15, 0.2) is 0 Å². The summed E-state index contributed by atoms with van der Waals surface area (Å²) in [4.78, 5) is 11.8. The number of carbonyl (C=O) groups excluding carboxylic acids is 1. The topological polar surface area (TPSA) is 38.3 Å². The van der Waals surface area contributed by atoms with Gasteiger partial charge in [0.2, 0.25) is 0 Å². The van der Waals surface area contributed by atoms with Gasteiger partial charge in [-0.2, -0.15) is 0 Å². The van der Waals surface area contributed by atoms with Crippen LogP contribution in [0.25, 0.3) is 0 Å². The Balaban J connectivity index is 2.12. The van der Waals surface area contributed by atoms with Crippen LogP contribution in [-0.4, -0.2) is 25.2 Å². The lowest BCUT2D eigenvalue weighted by Crippen LogP contribution is -2.48. The molecule has 1 aliphatic rings. The van der Waals surface area contributed by atoms with Crippen LogP contribution in [0.3, 0.4) is 0 Å². The van der Waals surface area contributed by atoms with Gasteiger partial charge < -0.3 is 10.1 Å². The Hall–Kier alpha value is -0.330. The predicted octanol–water partition coefficient (Wildman–Crippen LogP) is 2.07. The van der Waals surface area contributed by atoms with Crippen molar-refractivity contribution in [2.75, 3.05) is 13.2 Å². The molecule has 15 heavy (non-hydrogen) atoms. The van der Waals surface area contributed by atoms with Crippen molar-refractivity contribution in [2.24, 2.45) is 0 Å². The Morgan fingerprint density at radius 1 is 1.53 bits per heavy atom. The maximum Gasteiger partial charge on any atom is 0.252 e. The third-order valence-electron chi connectivity index (χ3n) is 2.15. The summed E-state index contributed by atoms with van der Waals surface area (Å²) in [7, 11) is 0. The molecule has 0 aromatic heterocycles. The highest BCUT2D eigenvalue weighted by atomic mass is 127. The van der Waals surface area contributed by atoms with Gasteiger partial charge in [-0.3, -0.25) is 4.79 Å². The number of halogens is 2. The minimum atomic E-state index is -0.0878. The number of hydrogen-bond acceptors (Lipinski definition) is 2. The molecule has 3 nitrogen and oxygen atoms in total. The van der Waals surface area contributed by atoms with Crippen LogP contribution in [0, 0.1) is 3.57 Å². The molecule has 1 heterocycles. The third kappa shape index (κ3) is 2.62. The summed E-state index contributed by atoms with van der Waals surface area (Å²) in [5, 5.41) is 3.45. The van der Waals surface area contributed by atoms with E-state index in [-0.39, 0.29) is 11.9 Å². The van der Waals surface area contributed by atoms with Gasteiger partial charge in [0.25, 0.3) is 5.91 Å². The molecule has 0 bridgehead atoms. The summed E-state index contributed by atoms with van der Waals surface area (Å²) in [6, 6.07) is 5.42. The number of hydrogen-bond donors (Lipinski definition) is 1. The fourth-order valence-corrected chi connectivity index (χ4v) is 2.01. The molecule has 1 saturated heterocycles. The van der Waals surface area contributed by atoms with Gasteiger partial charge in [0.05, 0.1) is 24.8 Å². The summed E-state index contributed by atoms with van der Waals surface area (Å²) in [6.45, 7) is 1.20. The first-order chi connectivity index (χ1) is 7.16. The van der Waals surface area contributed by atoms with Gasteiger partial charge in [-0.25, -0.2) is 0 Å². The molecule has 5 heteroatoms. The SMILES string of the molecule is O=C(NC1COC1)c1cc(Cl)ccc1I. The third-order valence-corrected chi connectivity index (χ3v) is 3.32. The van der Waals surface area contributed by atoms with Gasteiger partial charge >= 0.3 is 0 Å². The van der Waals surface area contributed by atoms with Gasteiger partial charge in [-0.05, 0) is 40.8 Å². The van der Waals surface area contributed by atoms with Crippen LogP contribution in [-0.2, 0) is 4.74 Å². The van der Waals surface area contributed by atoms with E-state index in [0.717, 1.165) is 3.57 Å². The number of carbonyl (C=O) groups is 1. The molecule has 1 amide bonds. The monoisotopic (exact) mass is 337 g/mol. The molecule has 2 rings (SSSR count). The maximum atomic E-state index is 11.8. The van der Waals surface area contributed by atoms with Crippen LogP contribution in [0.5, 0.6) is 0 Å². The highest BCUT2D eigenvalue weighted by Crippen LogP contribution is 2.18. The zero-order valence-corrected chi connectivity index (χ0v) is 10.7. The zero-order chi connectivity index (χ0) is 10.8. The molecule has 1 aromatic rings. The molecule has 0 spiro atoms. The van der Waals surface area contributed by atoms with Crippen LogP contribution in [0.1, 0.15) is 10.4 Å². The predicted molar refractivity (Wildman–Crippen MR) is 66.2 cm³/mol. The molecule has 0 radical (unpaired) electrons. The van der Waals surface area contributed by atoms with Crippen LogP contribution >= 0.6 is 34.2 Å². The maximum absolute atomic E-state index is 11.8. The molecule has 1 aliphatic heterocycles. The first kappa shape index (κ1) is 11.2. The number of ether oxygens (including phenoxy) is 1. The van der Waals surface area contributed by atoms with Crippen molar-refractivity contribution < 1.29 is 9.53 Å². The first-order valence-corrected chi connectivity index (χ1v) is 5.96. The Bertz CT molecular complexity index is 393. The van der Waals surface area contributed by atoms with Crippen LogP contribution in [0.2, 0.25) is 5.02 Å². The highest BCUT2D eigenvalue weighted by Gasteiger charge is 2.21. The molecule has 0 unspecified atom stereocenters. The number of rotatable bonds is 2. The summed E-state index contributed by atoms with van der Waals surface area (Å²) in [5.41, 5.74) is 0.620. The van der Waals surface area contributed by atoms with Crippen molar-refractivity contribution in [3.8, 4) is 0 Å². The van der Waals surface area contributed by atoms with E-state index >= 15 is 0 Å². The van der Waals surface area contributed by atoms with Crippen molar-refractivity contribution in [3.63, 3.8) is 0 Å². The second-order valence-electron chi connectivity index (χ2n) is 3.33. The van der Waals surface area contributed by atoms with Crippen molar-refractivity contribution in [1.82, 2.24) is 5.32 Å². The van der Waals surface area contributed by atoms with E-state index in [1.165, 1.54) is 0 Å². The van der Waals surface area contributed by atoms with Crippen LogP contribution in [0.15, 0.2) is 18.2 Å². The lowest BCUT2D eigenvalue weighted by molar-refractivity contribution is -0.00347. The van der Waals surface area contributed by atoms with E-state index in [1.807, 2.05) is 6.07 Å². The van der Waals surface area contributed by atoms with Crippen LogP contribution < -0.4 is 5.32 Å². The molecule has 1 N–H and O–H groups in total. The minimum absolute atomic E-state index is 0.0878. The molecule has 0 saturated carbocycles. The van der Waals surface area contributed by atoms with E-state index in [4.69, 9.17) is 16.3 Å². The Labute approximate surface area is 106 Å². The van der Waals surface area contributed by atoms with Gasteiger partial charge in [-0.15, -0.1) is 0 Å². The fourth-order valence-electron chi connectivity index (χ4n) is 1.25. The van der Waals surface area contributed by atoms with Gasteiger partial charge in [-0.1, -0.05) is 11.6 Å². The van der Waals surface area contributed by atoms with Crippen molar-refractivity contribution in [1.29, 1.82) is 0 Å². The standard InChI is InChI=1S/C10H9ClINO2/c11-6-1-2-9(12)8(3-6)10(14)13-7-4-15-5-7/h1-3,7H,4-5H2,(H,13,14). The van der Waals surface area contributed by atoms with Gasteiger partial charge in [0, 0.05) is 8.59 Å². The molecule has 80 valence electrons. The van der Waals surface area contributed by atoms with E-state index < -0.39 is 0 Å². The lowest BCUT2D eigenvalue weighted by Gasteiger charge is -2.26. The Kier molecular flexibility index (Phi) is 3.48. The zero-order valence-electron chi connectivity index (χ0n) is 7.80. The second-order valence-corrected chi connectivity index (χ2v) is 4.93. The number of nitrogens with one attached hydrogen (secondary N) is 1. The fraction of sp³-hybridized carbons (Fsp3) is 0.300. The number of amides is 1. The number of benzene rings is 1. The lowest BCUT2D eigenvalue weighted by atomic mass is 10.2. The second kappa shape index (κ2) is 4.67. The van der Waals surface area contributed by atoms with E-state index in [2.05, 4.69) is 27.9 Å². The van der Waals surface area contributed by atoms with Crippen molar-refractivity contribution in [3.05, 3.63) is 32.4 Å². The molecular weight excluding hydrogens is 328 g/mol. The summed E-state index contributed by atoms with van der Waals surface area (Å²) in [6.07, 6.45) is 0. The van der Waals surface area contributed by atoms with Gasteiger partial charge in [0.1, 0.15) is 0 Å².